The third-order valence-corrected chi connectivity index (χ3v) is 3.24. The minimum atomic E-state index is -0.531. The topological polar surface area (TPSA) is 87.7 Å². The molecular formula is C14H25N3O4. The molecule has 1 heterocycles. The molecule has 120 valence electrons. The van der Waals surface area contributed by atoms with Crippen LogP contribution in [0.4, 0.5) is 4.79 Å². The first kappa shape index (κ1) is 17.3. The predicted octanol–water partition coefficient (Wildman–Crippen LogP) is 1.19. The number of carbonyl (C=O) groups is 3. The minimum Gasteiger partial charge on any atom is -0.444 e. The molecule has 2 N–H and O–H groups in total. The quantitative estimate of drug-likeness (QED) is 0.712. The average Bonchev–Trinajstić information content (AvgIpc) is 2.33. The first-order valence-corrected chi connectivity index (χ1v) is 7.16. The van der Waals surface area contributed by atoms with Gasteiger partial charge >= 0.3 is 6.09 Å². The van der Waals surface area contributed by atoms with Crippen LogP contribution in [0.15, 0.2) is 0 Å². The van der Waals surface area contributed by atoms with Crippen LogP contribution in [0.3, 0.4) is 0 Å². The van der Waals surface area contributed by atoms with Crippen molar-refractivity contribution in [2.24, 2.45) is 5.92 Å². The predicted molar refractivity (Wildman–Crippen MR) is 77.1 cm³/mol. The lowest BCUT2D eigenvalue weighted by Crippen LogP contribution is -2.51. The number of hydrogen-bond donors (Lipinski definition) is 2. The summed E-state index contributed by atoms with van der Waals surface area (Å²) in [5.41, 5.74) is 4.13. The van der Waals surface area contributed by atoms with Gasteiger partial charge in [-0.15, -0.1) is 0 Å². The maximum Gasteiger partial charge on any atom is 0.410 e. The number of rotatable bonds is 1. The molecule has 0 aromatic carbocycles. The summed E-state index contributed by atoms with van der Waals surface area (Å²) >= 11 is 0. The molecule has 1 saturated heterocycles. The lowest BCUT2D eigenvalue weighted by Gasteiger charge is -2.37. The molecule has 21 heavy (non-hydrogen) atoms. The average molecular weight is 299 g/mol. The van der Waals surface area contributed by atoms with Gasteiger partial charge in [0.05, 0.1) is 0 Å². The smallest absolute Gasteiger partial charge is 0.410 e. The van der Waals surface area contributed by atoms with Crippen LogP contribution in [0, 0.1) is 5.92 Å². The van der Waals surface area contributed by atoms with Crippen molar-refractivity contribution < 1.29 is 19.1 Å². The zero-order valence-corrected chi connectivity index (χ0v) is 13.4. The highest BCUT2D eigenvalue weighted by Crippen LogP contribution is 2.24. The van der Waals surface area contributed by atoms with Crippen molar-refractivity contribution in [2.75, 3.05) is 6.54 Å². The van der Waals surface area contributed by atoms with Crippen LogP contribution in [0.2, 0.25) is 0 Å². The molecular weight excluding hydrogens is 274 g/mol. The number of hydrazine groups is 1. The standard InChI is InChI=1S/C14H25N3O4/c1-9-8-11(12(19)16-15-10(2)18)6-7-17(9)13(20)21-14(3,4)5/h9,11H,6-8H2,1-5H3,(H,15,18)(H,16,19). The van der Waals surface area contributed by atoms with E-state index in [1.54, 1.807) is 4.90 Å². The van der Waals surface area contributed by atoms with Crippen molar-refractivity contribution in [1.29, 1.82) is 0 Å². The van der Waals surface area contributed by atoms with Gasteiger partial charge in [0, 0.05) is 25.4 Å². The van der Waals surface area contributed by atoms with Gasteiger partial charge in [0.15, 0.2) is 0 Å². The molecule has 0 aromatic heterocycles. The summed E-state index contributed by atoms with van der Waals surface area (Å²) in [6.45, 7) is 9.15. The van der Waals surface area contributed by atoms with Gasteiger partial charge in [-0.1, -0.05) is 0 Å². The molecule has 1 aliphatic rings. The Labute approximate surface area is 125 Å². The van der Waals surface area contributed by atoms with Crippen molar-refractivity contribution >= 4 is 17.9 Å². The summed E-state index contributed by atoms with van der Waals surface area (Å²) in [4.78, 5) is 36.4. The van der Waals surface area contributed by atoms with Gasteiger partial charge in [0.25, 0.3) is 0 Å². The van der Waals surface area contributed by atoms with Gasteiger partial charge in [0.2, 0.25) is 11.8 Å². The zero-order chi connectivity index (χ0) is 16.2. The Balaban J connectivity index is 2.52. The molecule has 1 fully saturated rings. The first-order chi connectivity index (χ1) is 9.60. The number of amides is 3. The van der Waals surface area contributed by atoms with Crippen LogP contribution in [0.1, 0.15) is 47.5 Å². The van der Waals surface area contributed by atoms with Crippen molar-refractivity contribution in [1.82, 2.24) is 15.8 Å². The fraction of sp³-hybridized carbons (Fsp3) is 0.786. The molecule has 0 bridgehead atoms. The van der Waals surface area contributed by atoms with Gasteiger partial charge in [-0.25, -0.2) is 4.79 Å². The second kappa shape index (κ2) is 6.78. The highest BCUT2D eigenvalue weighted by Gasteiger charge is 2.34. The lowest BCUT2D eigenvalue weighted by molar-refractivity contribution is -0.132. The number of ether oxygens (including phenoxy) is 1. The van der Waals surface area contributed by atoms with Gasteiger partial charge < -0.3 is 9.64 Å². The van der Waals surface area contributed by atoms with Crippen LogP contribution in [0.25, 0.3) is 0 Å². The molecule has 3 amide bonds. The molecule has 0 spiro atoms. The van der Waals surface area contributed by atoms with Gasteiger partial charge in [0.1, 0.15) is 5.60 Å². The van der Waals surface area contributed by atoms with E-state index >= 15 is 0 Å². The third-order valence-electron chi connectivity index (χ3n) is 3.24. The molecule has 2 unspecified atom stereocenters. The van der Waals surface area contributed by atoms with Crippen LogP contribution < -0.4 is 10.9 Å². The summed E-state index contributed by atoms with van der Waals surface area (Å²) in [5, 5.41) is 0. The van der Waals surface area contributed by atoms with Crippen LogP contribution in [-0.4, -0.2) is 41.0 Å². The summed E-state index contributed by atoms with van der Waals surface area (Å²) < 4.78 is 5.35. The number of hydrogen-bond acceptors (Lipinski definition) is 4. The summed E-state index contributed by atoms with van der Waals surface area (Å²) in [5.74, 6) is -0.756. The van der Waals surface area contributed by atoms with Crippen molar-refractivity contribution in [2.45, 2.75) is 59.1 Å². The van der Waals surface area contributed by atoms with E-state index in [9.17, 15) is 14.4 Å². The molecule has 0 aliphatic carbocycles. The highest BCUT2D eigenvalue weighted by atomic mass is 16.6. The Hall–Kier alpha value is -1.79. The van der Waals surface area contributed by atoms with Crippen molar-refractivity contribution in [3.8, 4) is 0 Å². The number of piperidine rings is 1. The highest BCUT2D eigenvalue weighted by molar-refractivity contribution is 5.82. The van der Waals surface area contributed by atoms with Crippen molar-refractivity contribution in [3.05, 3.63) is 0 Å². The fourth-order valence-electron chi connectivity index (χ4n) is 2.25. The Morgan fingerprint density at radius 3 is 2.29 bits per heavy atom. The van der Waals surface area contributed by atoms with Crippen LogP contribution in [-0.2, 0) is 14.3 Å². The van der Waals surface area contributed by atoms with Gasteiger partial charge in [-0.05, 0) is 40.5 Å². The van der Waals surface area contributed by atoms with E-state index in [1.807, 2.05) is 27.7 Å². The normalized spacial score (nSPS) is 22.4. The van der Waals surface area contributed by atoms with Gasteiger partial charge in [-0.2, -0.15) is 0 Å². The van der Waals surface area contributed by atoms with E-state index in [0.29, 0.717) is 19.4 Å². The fourth-order valence-corrected chi connectivity index (χ4v) is 2.25. The van der Waals surface area contributed by atoms with E-state index in [0.717, 1.165) is 0 Å². The maximum absolute atomic E-state index is 12.1. The first-order valence-electron chi connectivity index (χ1n) is 7.16. The molecule has 1 rings (SSSR count). The second-order valence-corrected chi connectivity index (χ2v) is 6.41. The largest absolute Gasteiger partial charge is 0.444 e. The van der Waals surface area contributed by atoms with E-state index in [2.05, 4.69) is 10.9 Å². The van der Waals surface area contributed by atoms with E-state index in [1.165, 1.54) is 6.92 Å². The van der Waals surface area contributed by atoms with Crippen LogP contribution in [0.5, 0.6) is 0 Å². The summed E-state index contributed by atoms with van der Waals surface area (Å²) in [6.07, 6.45) is 0.746. The van der Waals surface area contributed by atoms with E-state index < -0.39 is 5.60 Å². The monoisotopic (exact) mass is 299 g/mol. The van der Waals surface area contributed by atoms with Gasteiger partial charge in [-0.3, -0.25) is 20.4 Å². The lowest BCUT2D eigenvalue weighted by atomic mass is 9.91. The number of likely N-dealkylation sites (tertiary alicyclic amines) is 1. The molecule has 0 aromatic rings. The Kier molecular flexibility index (Phi) is 5.57. The summed E-state index contributed by atoms with van der Waals surface area (Å²) in [7, 11) is 0. The third kappa shape index (κ3) is 5.61. The van der Waals surface area contributed by atoms with Crippen LogP contribution >= 0.6 is 0 Å². The number of nitrogens with zero attached hydrogens (tertiary/aromatic N) is 1. The SMILES string of the molecule is CC(=O)NNC(=O)C1CCN(C(=O)OC(C)(C)C)C(C)C1. The van der Waals surface area contributed by atoms with E-state index in [-0.39, 0.29) is 29.9 Å². The minimum absolute atomic E-state index is 0.0818. The molecule has 7 nitrogen and oxygen atoms in total. The number of carbonyl (C=O) groups excluding carboxylic acids is 3. The Morgan fingerprint density at radius 1 is 1.19 bits per heavy atom. The molecule has 0 radical (unpaired) electrons. The molecule has 2 atom stereocenters. The molecule has 0 saturated carbocycles. The second-order valence-electron chi connectivity index (χ2n) is 6.41. The summed E-state index contributed by atoms with van der Waals surface area (Å²) in [6, 6.07) is -0.0818. The van der Waals surface area contributed by atoms with Crippen molar-refractivity contribution in [3.63, 3.8) is 0 Å². The Morgan fingerprint density at radius 2 is 1.81 bits per heavy atom. The molecule has 1 aliphatic heterocycles. The maximum atomic E-state index is 12.1. The zero-order valence-electron chi connectivity index (χ0n) is 13.4. The number of nitrogens with one attached hydrogen (secondary N) is 2. The van der Waals surface area contributed by atoms with E-state index in [4.69, 9.17) is 4.74 Å². The molecule has 7 heteroatoms. The Bertz CT molecular complexity index is 417.